The minimum Gasteiger partial charge on any atom is -0.296 e. The van der Waals surface area contributed by atoms with Gasteiger partial charge in [-0.15, -0.1) is 46.4 Å². The fourth-order valence-electron chi connectivity index (χ4n) is 6.74. The Morgan fingerprint density at radius 3 is 2.25 bits per heavy atom. The van der Waals surface area contributed by atoms with Crippen molar-refractivity contribution in [3.05, 3.63) is 59.2 Å². The summed E-state index contributed by atoms with van der Waals surface area (Å²) in [4.78, 5) is 21.2. The third-order valence-electron chi connectivity index (χ3n) is 8.27. The van der Waals surface area contributed by atoms with Crippen LogP contribution in [-0.4, -0.2) is 31.1 Å². The van der Waals surface area contributed by atoms with E-state index in [1.807, 2.05) is 56.3 Å². The van der Waals surface area contributed by atoms with Gasteiger partial charge in [-0.25, -0.2) is 0 Å². The van der Waals surface area contributed by atoms with Crippen molar-refractivity contribution in [2.45, 2.75) is 45.2 Å². The molecule has 0 radical (unpaired) electrons. The number of benzene rings is 1. The van der Waals surface area contributed by atoms with Gasteiger partial charge in [0.2, 0.25) is 0 Å². The summed E-state index contributed by atoms with van der Waals surface area (Å²) in [6.07, 6.45) is 6.18. The Balaban J connectivity index is 1.77. The highest BCUT2D eigenvalue weighted by molar-refractivity contribution is 6.66. The molecule has 1 aromatic rings. The number of hydrogen-bond acceptors (Lipinski definition) is 2. The lowest BCUT2D eigenvalue weighted by molar-refractivity contribution is -0.170. The number of carbonyl (C=O) groups excluding carboxylic acids is 2. The molecule has 8 bridgehead atoms. The van der Waals surface area contributed by atoms with Gasteiger partial charge >= 0.3 is 0 Å². The summed E-state index contributed by atoms with van der Waals surface area (Å²) < 4.78 is 0. The molecule has 0 N–H and O–H groups in total. The van der Waals surface area contributed by atoms with Crippen LogP contribution >= 0.6 is 46.4 Å². The maximum atomic E-state index is 14.0. The molecule has 0 heterocycles. The molecule has 0 spiro atoms. The number of alkyl halides is 4. The van der Waals surface area contributed by atoms with Gasteiger partial charge in [-0.1, -0.05) is 55.0 Å². The number of Topliss-reactive ketones (excluding diaryl/α,β-unsaturated/α-hetero) is 2. The average Bonchev–Trinajstić information content (AvgIpc) is 2.68. The SMILES string of the molecule is Cc1ccc([C@@]23C[C@@]4(Cl)C(=O)[C@@]5(Cl)[C@@H]6C=C2C=C[C@@]6(C)[C@@]5(Cl)C(=O)[C@]43Cl)cc1. The van der Waals surface area contributed by atoms with Crippen LogP contribution in [0.1, 0.15) is 24.5 Å². The van der Waals surface area contributed by atoms with Crippen LogP contribution in [0.5, 0.6) is 0 Å². The third kappa shape index (κ3) is 1.24. The third-order valence-corrected chi connectivity index (χ3v) is 11.4. The summed E-state index contributed by atoms with van der Waals surface area (Å²) in [6, 6.07) is 7.89. The van der Waals surface area contributed by atoms with Gasteiger partial charge in [0.25, 0.3) is 0 Å². The average molecular weight is 454 g/mol. The van der Waals surface area contributed by atoms with Crippen molar-refractivity contribution in [1.29, 1.82) is 0 Å². The molecule has 9 aliphatic rings. The van der Waals surface area contributed by atoms with E-state index in [-0.39, 0.29) is 6.42 Å². The quantitative estimate of drug-likeness (QED) is 0.570. The summed E-state index contributed by atoms with van der Waals surface area (Å²) in [7, 11) is 0. The van der Waals surface area contributed by atoms with Gasteiger partial charge in [-0.3, -0.25) is 9.59 Å². The number of ketones is 2. The van der Waals surface area contributed by atoms with Gasteiger partial charge in [0, 0.05) is 11.3 Å². The zero-order chi connectivity index (χ0) is 20.1. The van der Waals surface area contributed by atoms with E-state index in [4.69, 9.17) is 46.4 Å². The fourth-order valence-corrected chi connectivity index (χ4v) is 9.27. The highest BCUT2D eigenvalue weighted by atomic mass is 35.5. The first kappa shape index (κ1) is 18.0. The normalized spacial score (nSPS) is 54.6. The Labute approximate surface area is 182 Å². The van der Waals surface area contributed by atoms with Crippen LogP contribution in [0.2, 0.25) is 0 Å². The summed E-state index contributed by atoms with van der Waals surface area (Å²) in [5.41, 5.74) is 1.17. The first-order valence-electron chi connectivity index (χ1n) is 9.30. The predicted molar refractivity (Wildman–Crippen MR) is 111 cm³/mol. The highest BCUT2D eigenvalue weighted by Gasteiger charge is 2.97. The van der Waals surface area contributed by atoms with Crippen molar-refractivity contribution < 1.29 is 9.59 Å². The van der Waals surface area contributed by atoms with Gasteiger partial charge in [-0.05, 0) is 24.5 Å². The van der Waals surface area contributed by atoms with E-state index in [1.54, 1.807) is 0 Å². The number of allylic oxidation sites excluding steroid dienone is 4. The highest BCUT2D eigenvalue weighted by Crippen LogP contribution is 2.84. The van der Waals surface area contributed by atoms with E-state index in [2.05, 4.69) is 0 Å². The molecule has 0 saturated heterocycles. The van der Waals surface area contributed by atoms with Crippen molar-refractivity contribution in [3.8, 4) is 0 Å². The molecule has 0 aromatic heterocycles. The molecule has 9 aliphatic carbocycles. The summed E-state index contributed by atoms with van der Waals surface area (Å²) in [5, 5.41) is 0. The molecule has 0 amide bonds. The van der Waals surface area contributed by atoms with E-state index < -0.39 is 47.8 Å². The van der Waals surface area contributed by atoms with Crippen LogP contribution < -0.4 is 0 Å². The number of rotatable bonds is 1. The fraction of sp³-hybridized carbons (Fsp3) is 0.455. The zero-order valence-electron chi connectivity index (χ0n) is 15.2. The molecule has 1 aromatic carbocycles. The van der Waals surface area contributed by atoms with Crippen LogP contribution in [0, 0.1) is 18.3 Å². The second-order valence-electron chi connectivity index (χ2n) is 9.15. The molecular weight excluding hydrogens is 438 g/mol. The van der Waals surface area contributed by atoms with Crippen molar-refractivity contribution in [2.75, 3.05) is 0 Å². The second-order valence-corrected chi connectivity index (χ2v) is 11.5. The van der Waals surface area contributed by atoms with Gasteiger partial charge in [0.05, 0.1) is 5.41 Å². The van der Waals surface area contributed by atoms with Gasteiger partial charge < -0.3 is 0 Å². The molecule has 7 atom stereocenters. The Bertz CT molecular complexity index is 1090. The Hall–Kier alpha value is -0.800. The molecule has 28 heavy (non-hydrogen) atoms. The first-order valence-corrected chi connectivity index (χ1v) is 10.8. The molecule has 2 nitrogen and oxygen atoms in total. The summed E-state index contributed by atoms with van der Waals surface area (Å²) in [6.45, 7) is 3.87. The van der Waals surface area contributed by atoms with E-state index in [1.165, 1.54) is 0 Å². The largest absolute Gasteiger partial charge is 0.296 e. The second kappa shape index (κ2) is 4.44. The smallest absolute Gasteiger partial charge is 0.181 e. The lowest BCUT2D eigenvalue weighted by Crippen LogP contribution is -2.97. The maximum absolute atomic E-state index is 14.0. The van der Waals surface area contributed by atoms with Gasteiger partial charge in [0.15, 0.2) is 11.6 Å². The summed E-state index contributed by atoms with van der Waals surface area (Å²) >= 11 is 28.0. The van der Waals surface area contributed by atoms with Crippen molar-refractivity contribution in [1.82, 2.24) is 0 Å². The molecular formula is C22H16Cl4O2. The topological polar surface area (TPSA) is 34.1 Å². The zero-order valence-corrected chi connectivity index (χ0v) is 18.2. The Morgan fingerprint density at radius 2 is 1.61 bits per heavy atom. The lowest BCUT2D eigenvalue weighted by atomic mass is 9.28. The van der Waals surface area contributed by atoms with E-state index in [0.29, 0.717) is 0 Å². The summed E-state index contributed by atoms with van der Waals surface area (Å²) in [5.74, 6) is -1.24. The molecule has 6 heteroatoms. The van der Waals surface area contributed by atoms with Crippen LogP contribution in [-0.2, 0) is 15.0 Å². The van der Waals surface area contributed by atoms with Crippen molar-refractivity contribution >= 4 is 58.0 Å². The van der Waals surface area contributed by atoms with Crippen molar-refractivity contribution in [2.24, 2.45) is 11.3 Å². The maximum Gasteiger partial charge on any atom is 0.181 e. The Morgan fingerprint density at radius 1 is 0.964 bits per heavy atom. The lowest BCUT2D eigenvalue weighted by Gasteiger charge is -2.80. The first-order chi connectivity index (χ1) is 13.0. The minimum absolute atomic E-state index is 0.222. The number of carbonyl (C=O) groups is 2. The van der Waals surface area contributed by atoms with E-state index in [9.17, 15) is 9.59 Å². The van der Waals surface area contributed by atoms with Crippen LogP contribution in [0.25, 0.3) is 0 Å². The molecule has 144 valence electrons. The molecule has 0 unspecified atom stereocenters. The molecule has 0 aliphatic heterocycles. The van der Waals surface area contributed by atoms with Gasteiger partial charge in [-0.2, -0.15) is 0 Å². The van der Waals surface area contributed by atoms with E-state index in [0.717, 1.165) is 16.7 Å². The van der Waals surface area contributed by atoms with Crippen LogP contribution in [0.15, 0.2) is 48.1 Å². The molecule has 3 saturated carbocycles. The number of halogens is 4. The molecule has 3 fully saturated rings. The number of hydrogen-bond donors (Lipinski definition) is 0. The van der Waals surface area contributed by atoms with Crippen LogP contribution in [0.4, 0.5) is 0 Å². The monoisotopic (exact) mass is 452 g/mol. The number of aryl methyl sites for hydroxylation is 1. The Kier molecular flexibility index (Phi) is 2.86. The molecule has 10 rings (SSSR count). The van der Waals surface area contributed by atoms with Crippen LogP contribution in [0.3, 0.4) is 0 Å². The van der Waals surface area contributed by atoms with Gasteiger partial charge in [0.1, 0.15) is 19.5 Å². The van der Waals surface area contributed by atoms with E-state index >= 15 is 0 Å². The standard InChI is InChI=1S/C22H16Cl4O2/c1-11-3-5-12(6-4-11)18-10-19(23)15(27)20(24)14-9-13(18)7-8-17(14,2)21(20,25)16(28)22(18,19)26/h3-9,14H,10H2,1-2H3/t14-,17-,18+,19-,20+,21+,22-/m1/s1. The minimum atomic E-state index is -1.68. The van der Waals surface area contributed by atoms with Crippen molar-refractivity contribution in [3.63, 3.8) is 0 Å². The predicted octanol–water partition coefficient (Wildman–Crippen LogP) is 4.84.